The Morgan fingerprint density at radius 2 is 1.14 bits per heavy atom. The maximum atomic E-state index is 8.92. The lowest BCUT2D eigenvalue weighted by Gasteiger charge is -2.09. The van der Waals surface area contributed by atoms with Crippen molar-refractivity contribution in [3.8, 4) is 22.3 Å². The molecule has 0 aliphatic carbocycles. The Kier molecular flexibility index (Phi) is 7.60. The summed E-state index contributed by atoms with van der Waals surface area (Å²) in [5.41, 5.74) is 8.73. The van der Waals surface area contributed by atoms with Gasteiger partial charge in [0, 0.05) is 33.5 Å². The van der Waals surface area contributed by atoms with Crippen molar-refractivity contribution in [3.63, 3.8) is 0 Å². The molecule has 240 valence electrons. The first-order valence-electron chi connectivity index (χ1n) is 17.0. The van der Waals surface area contributed by atoms with Crippen LogP contribution in [0.2, 0.25) is 0 Å². The number of amidine groups is 2. The Morgan fingerprint density at radius 3 is 1.94 bits per heavy atom. The number of hydrogen-bond donors (Lipinski definition) is 1. The highest BCUT2D eigenvalue weighted by Gasteiger charge is 2.16. The van der Waals surface area contributed by atoms with E-state index in [1.807, 2.05) is 72.8 Å². The first-order valence-corrected chi connectivity index (χ1v) is 17.0. The molecule has 0 saturated heterocycles. The van der Waals surface area contributed by atoms with Crippen molar-refractivity contribution >= 4 is 61.4 Å². The molecular formula is C47H31N3O. The van der Waals surface area contributed by atoms with Crippen LogP contribution in [0.4, 0.5) is 0 Å². The predicted octanol–water partition coefficient (Wildman–Crippen LogP) is 12.1. The lowest BCUT2D eigenvalue weighted by atomic mass is 9.94. The minimum absolute atomic E-state index is 0.147. The van der Waals surface area contributed by atoms with Gasteiger partial charge in [-0.2, -0.15) is 0 Å². The fraction of sp³-hybridized carbons (Fsp3) is 0. The quantitative estimate of drug-likeness (QED) is 0.146. The second kappa shape index (κ2) is 12.8. The van der Waals surface area contributed by atoms with Crippen LogP contribution >= 0.6 is 0 Å². The number of nitrogens with one attached hydrogen (secondary N) is 1. The Labute approximate surface area is 295 Å². The van der Waals surface area contributed by atoms with Gasteiger partial charge in [0.25, 0.3) is 0 Å². The van der Waals surface area contributed by atoms with Gasteiger partial charge in [-0.1, -0.05) is 152 Å². The lowest BCUT2D eigenvalue weighted by molar-refractivity contribution is 0.673. The van der Waals surface area contributed by atoms with Gasteiger partial charge in [-0.15, -0.1) is 0 Å². The zero-order valence-electron chi connectivity index (χ0n) is 27.6. The van der Waals surface area contributed by atoms with E-state index in [9.17, 15) is 0 Å². The second-order valence-corrected chi connectivity index (χ2v) is 12.6. The van der Waals surface area contributed by atoms with Crippen LogP contribution in [-0.2, 0) is 0 Å². The lowest BCUT2D eigenvalue weighted by Crippen LogP contribution is -2.04. The van der Waals surface area contributed by atoms with Gasteiger partial charge >= 0.3 is 0 Å². The molecule has 9 rings (SSSR count). The molecule has 1 heterocycles. The van der Waals surface area contributed by atoms with Crippen molar-refractivity contribution in [2.75, 3.05) is 0 Å². The summed E-state index contributed by atoms with van der Waals surface area (Å²) in [6.45, 7) is 0. The Balaban J connectivity index is 1.08. The van der Waals surface area contributed by atoms with Crippen LogP contribution in [0.25, 0.3) is 65.7 Å². The number of rotatable bonds is 5. The number of benzene rings is 8. The molecule has 0 aliphatic heterocycles. The van der Waals surface area contributed by atoms with E-state index in [4.69, 9.17) is 9.83 Å². The van der Waals surface area contributed by atoms with E-state index in [1.54, 1.807) is 6.21 Å². The highest BCUT2D eigenvalue weighted by atomic mass is 16.3. The minimum atomic E-state index is 0.147. The van der Waals surface area contributed by atoms with Gasteiger partial charge in [0.2, 0.25) is 0 Å². The maximum Gasteiger partial charge on any atom is 0.161 e. The van der Waals surface area contributed by atoms with E-state index >= 15 is 0 Å². The van der Waals surface area contributed by atoms with E-state index in [1.165, 1.54) is 10.8 Å². The van der Waals surface area contributed by atoms with Crippen LogP contribution < -0.4 is 0 Å². The third-order valence-corrected chi connectivity index (χ3v) is 9.42. The average Bonchev–Trinajstić information content (AvgIpc) is 3.58. The Hall–Kier alpha value is -6.91. The van der Waals surface area contributed by atoms with Crippen LogP contribution in [0.15, 0.2) is 190 Å². The maximum absolute atomic E-state index is 8.92. The molecule has 8 aromatic carbocycles. The molecule has 0 bridgehead atoms. The molecule has 0 amide bonds. The van der Waals surface area contributed by atoms with Gasteiger partial charge < -0.3 is 4.42 Å². The highest BCUT2D eigenvalue weighted by Crippen LogP contribution is 2.41. The van der Waals surface area contributed by atoms with Crippen molar-refractivity contribution in [2.45, 2.75) is 0 Å². The van der Waals surface area contributed by atoms with Crippen molar-refractivity contribution in [2.24, 2.45) is 9.98 Å². The molecule has 0 atom stereocenters. The summed E-state index contributed by atoms with van der Waals surface area (Å²) in [5.74, 6) is 0.634. The van der Waals surface area contributed by atoms with Crippen LogP contribution in [0.3, 0.4) is 0 Å². The van der Waals surface area contributed by atoms with Crippen LogP contribution in [0.5, 0.6) is 0 Å². The molecule has 1 aromatic heterocycles. The third-order valence-electron chi connectivity index (χ3n) is 9.42. The smallest absolute Gasteiger partial charge is 0.161 e. The monoisotopic (exact) mass is 653 g/mol. The van der Waals surface area contributed by atoms with Gasteiger partial charge in [-0.05, 0) is 68.2 Å². The van der Waals surface area contributed by atoms with Crippen molar-refractivity contribution in [1.29, 1.82) is 5.41 Å². The van der Waals surface area contributed by atoms with Crippen LogP contribution in [0, 0.1) is 5.41 Å². The molecule has 0 saturated carbocycles. The predicted molar refractivity (Wildman–Crippen MR) is 213 cm³/mol. The Bertz CT molecular complexity index is 2800. The van der Waals surface area contributed by atoms with Crippen LogP contribution in [-0.4, -0.2) is 17.9 Å². The van der Waals surface area contributed by atoms with E-state index in [0.717, 1.165) is 66.1 Å². The molecule has 0 radical (unpaired) electrons. The molecule has 4 heteroatoms. The summed E-state index contributed by atoms with van der Waals surface area (Å²) in [6.07, 6.45) is 1.79. The zero-order valence-corrected chi connectivity index (χ0v) is 27.6. The van der Waals surface area contributed by atoms with Crippen molar-refractivity contribution in [3.05, 3.63) is 193 Å². The zero-order chi connectivity index (χ0) is 34.1. The van der Waals surface area contributed by atoms with Gasteiger partial charge in [-0.3, -0.25) is 5.41 Å². The molecule has 51 heavy (non-hydrogen) atoms. The Morgan fingerprint density at radius 1 is 0.490 bits per heavy atom. The fourth-order valence-corrected chi connectivity index (χ4v) is 6.79. The van der Waals surface area contributed by atoms with E-state index in [0.29, 0.717) is 11.4 Å². The van der Waals surface area contributed by atoms with Crippen LogP contribution in [0.1, 0.15) is 16.7 Å². The summed E-state index contributed by atoms with van der Waals surface area (Å²) >= 11 is 0. The summed E-state index contributed by atoms with van der Waals surface area (Å²) in [7, 11) is 0. The molecule has 4 nitrogen and oxygen atoms in total. The van der Waals surface area contributed by atoms with Gasteiger partial charge in [0.15, 0.2) is 11.7 Å². The van der Waals surface area contributed by atoms with E-state index in [-0.39, 0.29) is 5.84 Å². The highest BCUT2D eigenvalue weighted by molar-refractivity contribution is 6.19. The average molecular weight is 654 g/mol. The van der Waals surface area contributed by atoms with E-state index < -0.39 is 0 Å². The first-order chi connectivity index (χ1) is 25.2. The summed E-state index contributed by atoms with van der Waals surface area (Å²) in [4.78, 5) is 9.37. The molecule has 0 fully saturated rings. The van der Waals surface area contributed by atoms with Crippen molar-refractivity contribution < 1.29 is 4.42 Å². The molecule has 0 aliphatic rings. The first kappa shape index (κ1) is 30.2. The van der Waals surface area contributed by atoms with Gasteiger partial charge in [0.05, 0.1) is 0 Å². The SMILES string of the molecule is N=C(N=C(N=Cc1ccccc1)c1ccccc1)c1ccc(-c2cc3c4ccc(-c5ccc6ccccc6c5)cc4oc3c3ccccc23)cc1. The fourth-order valence-electron chi connectivity index (χ4n) is 6.79. The number of fused-ring (bicyclic) bond motifs is 6. The largest absolute Gasteiger partial charge is 0.455 e. The van der Waals surface area contributed by atoms with E-state index in [2.05, 4.69) is 113 Å². The molecular weight excluding hydrogens is 623 g/mol. The summed E-state index contributed by atoms with van der Waals surface area (Å²) < 4.78 is 6.62. The molecule has 1 N–H and O–H groups in total. The normalized spacial score (nSPS) is 12.0. The summed E-state index contributed by atoms with van der Waals surface area (Å²) in [6, 6.07) is 60.0. The third kappa shape index (κ3) is 5.79. The van der Waals surface area contributed by atoms with Gasteiger partial charge in [-0.25, -0.2) is 9.98 Å². The molecule has 0 unspecified atom stereocenters. The number of nitrogens with zero attached hydrogens (tertiary/aromatic N) is 2. The van der Waals surface area contributed by atoms with Gasteiger partial charge in [0.1, 0.15) is 11.2 Å². The standard InChI is InChI=1S/C47H31N3O/c48-46(50-47(35-14-5-2-6-15-35)49-30-31-11-3-1-4-12-31)34-22-20-33(21-23-34)42-29-43-40-26-25-38(37-24-19-32-13-7-8-16-36(32)27-37)28-44(40)51-45(43)41-18-10-9-17-39(41)42/h1-30,48H. The molecule has 0 spiro atoms. The minimum Gasteiger partial charge on any atom is -0.455 e. The summed E-state index contributed by atoms with van der Waals surface area (Å²) in [5, 5.41) is 15.7. The molecule has 9 aromatic rings. The topological polar surface area (TPSA) is 61.7 Å². The number of furan rings is 1. The number of hydrogen-bond acceptors (Lipinski definition) is 2. The number of aliphatic imine (C=N–C) groups is 2. The van der Waals surface area contributed by atoms with Crippen molar-refractivity contribution in [1.82, 2.24) is 0 Å². The second-order valence-electron chi connectivity index (χ2n) is 12.6.